The van der Waals surface area contributed by atoms with E-state index in [1.165, 1.54) is 18.4 Å². The van der Waals surface area contributed by atoms with E-state index in [1.807, 2.05) is 41.3 Å². The van der Waals surface area contributed by atoms with Gasteiger partial charge in [-0.15, -0.1) is 11.3 Å². The third-order valence-corrected chi connectivity index (χ3v) is 5.52. The Kier molecular flexibility index (Phi) is 5.30. The molecular weight excluding hydrogens is 414 g/mol. The number of anilines is 3. The number of rotatable bonds is 6. The molecule has 158 valence electrons. The summed E-state index contributed by atoms with van der Waals surface area (Å²) in [5, 5.41) is 13.2. The maximum Gasteiger partial charge on any atom is 0.317 e. The molecule has 0 atom stereocenters. The summed E-state index contributed by atoms with van der Waals surface area (Å²) in [4.78, 5) is 27.0. The van der Waals surface area contributed by atoms with Crippen LogP contribution in [-0.4, -0.2) is 33.1 Å². The van der Waals surface area contributed by atoms with Gasteiger partial charge in [-0.05, 0) is 44.2 Å². The first-order valence-electron chi connectivity index (χ1n) is 9.47. The number of hydrogen-bond acceptors (Lipinski definition) is 8. The molecule has 0 aliphatic carbocycles. The van der Waals surface area contributed by atoms with Gasteiger partial charge in [-0.3, -0.25) is 9.69 Å². The summed E-state index contributed by atoms with van der Waals surface area (Å²) < 4.78 is 5.19. The van der Waals surface area contributed by atoms with Crippen LogP contribution in [0.3, 0.4) is 0 Å². The van der Waals surface area contributed by atoms with Crippen LogP contribution < -0.4 is 15.4 Å². The molecule has 0 spiro atoms. The number of primary amides is 1. The number of aliphatic hydroxyl groups is 1. The van der Waals surface area contributed by atoms with Gasteiger partial charge in [0.05, 0.1) is 18.2 Å². The van der Waals surface area contributed by atoms with Crippen LogP contribution in [0.2, 0.25) is 0 Å². The van der Waals surface area contributed by atoms with Crippen molar-refractivity contribution in [1.82, 2.24) is 15.0 Å². The van der Waals surface area contributed by atoms with Crippen LogP contribution in [0.5, 0.6) is 6.01 Å². The van der Waals surface area contributed by atoms with Crippen LogP contribution >= 0.6 is 11.3 Å². The molecule has 1 aromatic carbocycles. The van der Waals surface area contributed by atoms with Crippen molar-refractivity contribution in [2.45, 2.75) is 19.4 Å². The number of amides is 1. The minimum absolute atomic E-state index is 0.156. The van der Waals surface area contributed by atoms with E-state index in [-0.39, 0.29) is 6.01 Å². The summed E-state index contributed by atoms with van der Waals surface area (Å²) in [6, 6.07) is 15.1. The second kappa shape index (κ2) is 7.93. The zero-order valence-corrected chi connectivity index (χ0v) is 18.1. The number of hydrogen-bond donors (Lipinski definition) is 2. The Morgan fingerprint density at radius 2 is 1.87 bits per heavy atom. The number of nitrogens with two attached hydrogens (primary N) is 1. The molecule has 8 nitrogen and oxygen atoms in total. The number of benzene rings is 1. The van der Waals surface area contributed by atoms with Crippen molar-refractivity contribution in [3.05, 3.63) is 65.2 Å². The van der Waals surface area contributed by atoms with Crippen molar-refractivity contribution in [1.29, 1.82) is 0 Å². The topological polar surface area (TPSA) is 114 Å². The highest BCUT2D eigenvalue weighted by molar-refractivity contribution is 7.14. The molecular formula is C22H21N5O3S. The summed E-state index contributed by atoms with van der Waals surface area (Å²) >= 11 is 1.38. The van der Waals surface area contributed by atoms with Gasteiger partial charge >= 0.3 is 6.01 Å². The average molecular weight is 436 g/mol. The molecule has 3 aromatic heterocycles. The van der Waals surface area contributed by atoms with Gasteiger partial charge in [-0.25, -0.2) is 4.98 Å². The van der Waals surface area contributed by atoms with Crippen LogP contribution in [0.4, 0.5) is 16.5 Å². The van der Waals surface area contributed by atoms with Gasteiger partial charge in [0.1, 0.15) is 27.6 Å². The molecule has 3 heterocycles. The quantitative estimate of drug-likeness (QED) is 0.472. The number of ether oxygens (including phenoxy) is 1. The molecule has 0 radical (unpaired) electrons. The Morgan fingerprint density at radius 1 is 1.13 bits per heavy atom. The maximum atomic E-state index is 11.6. The Morgan fingerprint density at radius 3 is 2.48 bits per heavy atom. The predicted molar refractivity (Wildman–Crippen MR) is 120 cm³/mol. The van der Waals surface area contributed by atoms with Crippen molar-refractivity contribution < 1.29 is 14.6 Å². The number of para-hydroxylation sites is 1. The number of fused-ring (bicyclic) bond motifs is 1. The second-order valence-electron chi connectivity index (χ2n) is 7.36. The molecule has 0 bridgehead atoms. The highest BCUT2D eigenvalue weighted by atomic mass is 32.1. The monoisotopic (exact) mass is 435 g/mol. The Bertz CT molecular complexity index is 1250. The van der Waals surface area contributed by atoms with Crippen molar-refractivity contribution in [2.75, 3.05) is 12.0 Å². The van der Waals surface area contributed by atoms with Crippen molar-refractivity contribution in [3.8, 4) is 6.01 Å². The van der Waals surface area contributed by atoms with E-state index in [4.69, 9.17) is 15.5 Å². The minimum atomic E-state index is -1.26. The third kappa shape index (κ3) is 4.05. The smallest absolute Gasteiger partial charge is 0.317 e. The molecule has 0 aliphatic heterocycles. The SMILES string of the molecule is COc1nc(C(C)(C)O)c2nc(N(c3ccccc3)c3cc(C(N)=O)cs3)ccc2n1. The number of carbonyl (C=O) groups excluding carboxylic acids is 1. The van der Waals surface area contributed by atoms with Crippen LogP contribution in [0.1, 0.15) is 29.9 Å². The van der Waals surface area contributed by atoms with Crippen molar-refractivity contribution in [2.24, 2.45) is 5.73 Å². The normalized spacial score (nSPS) is 11.5. The van der Waals surface area contributed by atoms with Crippen LogP contribution in [0.25, 0.3) is 11.0 Å². The fourth-order valence-electron chi connectivity index (χ4n) is 3.15. The van der Waals surface area contributed by atoms with Gasteiger partial charge in [0.25, 0.3) is 0 Å². The summed E-state index contributed by atoms with van der Waals surface area (Å²) in [5.74, 6) is 0.0858. The molecule has 0 fully saturated rings. The van der Waals surface area contributed by atoms with Crippen LogP contribution in [0, 0.1) is 0 Å². The van der Waals surface area contributed by atoms with E-state index < -0.39 is 11.5 Å². The van der Waals surface area contributed by atoms with Gasteiger partial charge in [0, 0.05) is 11.1 Å². The number of methoxy groups -OCH3 is 1. The molecule has 0 saturated heterocycles. The van der Waals surface area contributed by atoms with Gasteiger partial charge in [-0.2, -0.15) is 9.97 Å². The summed E-state index contributed by atoms with van der Waals surface area (Å²) in [5.41, 5.74) is 6.82. The molecule has 4 rings (SSSR count). The van der Waals surface area contributed by atoms with E-state index in [2.05, 4.69) is 9.97 Å². The lowest BCUT2D eigenvalue weighted by molar-refractivity contribution is 0.0745. The van der Waals surface area contributed by atoms with Crippen LogP contribution in [0.15, 0.2) is 53.9 Å². The maximum absolute atomic E-state index is 11.6. The molecule has 0 unspecified atom stereocenters. The number of aromatic nitrogens is 3. The Hall–Kier alpha value is -3.56. The minimum Gasteiger partial charge on any atom is -0.467 e. The Labute approximate surface area is 183 Å². The fraction of sp³-hybridized carbons (Fsp3) is 0.182. The van der Waals surface area contributed by atoms with Crippen molar-refractivity contribution in [3.63, 3.8) is 0 Å². The van der Waals surface area contributed by atoms with E-state index in [0.717, 1.165) is 10.7 Å². The lowest BCUT2D eigenvalue weighted by atomic mass is 10.0. The number of pyridine rings is 1. The largest absolute Gasteiger partial charge is 0.467 e. The van der Waals surface area contributed by atoms with E-state index in [0.29, 0.717) is 28.1 Å². The second-order valence-corrected chi connectivity index (χ2v) is 8.25. The third-order valence-electron chi connectivity index (χ3n) is 4.60. The van der Waals surface area contributed by atoms with Gasteiger partial charge < -0.3 is 15.6 Å². The van der Waals surface area contributed by atoms with Gasteiger partial charge in [0.15, 0.2) is 0 Å². The lowest BCUT2D eigenvalue weighted by Gasteiger charge is -2.24. The highest BCUT2D eigenvalue weighted by Crippen LogP contribution is 2.38. The molecule has 3 N–H and O–H groups in total. The molecule has 0 aliphatic rings. The molecule has 1 amide bonds. The summed E-state index contributed by atoms with van der Waals surface area (Å²) in [6.07, 6.45) is 0. The average Bonchev–Trinajstić information content (AvgIpc) is 3.23. The molecule has 4 aromatic rings. The number of nitrogens with zero attached hydrogens (tertiary/aromatic N) is 4. The first kappa shape index (κ1) is 20.7. The van der Waals surface area contributed by atoms with E-state index >= 15 is 0 Å². The van der Waals surface area contributed by atoms with E-state index in [9.17, 15) is 9.90 Å². The first-order chi connectivity index (χ1) is 14.8. The first-order valence-corrected chi connectivity index (χ1v) is 10.3. The summed E-state index contributed by atoms with van der Waals surface area (Å²) in [7, 11) is 1.47. The lowest BCUT2D eigenvalue weighted by Crippen LogP contribution is -2.20. The highest BCUT2D eigenvalue weighted by Gasteiger charge is 2.26. The summed E-state index contributed by atoms with van der Waals surface area (Å²) in [6.45, 7) is 3.27. The Balaban J connectivity index is 1.94. The number of thiophene rings is 1. The zero-order valence-electron chi connectivity index (χ0n) is 17.2. The molecule has 31 heavy (non-hydrogen) atoms. The fourth-order valence-corrected chi connectivity index (χ4v) is 4.08. The zero-order chi connectivity index (χ0) is 22.2. The van der Waals surface area contributed by atoms with Gasteiger partial charge in [-0.1, -0.05) is 18.2 Å². The van der Waals surface area contributed by atoms with Crippen LogP contribution in [-0.2, 0) is 5.60 Å². The molecule has 0 saturated carbocycles. The standard InChI is InChI=1S/C22H21N5O3S/c1-22(2,29)19-18-15(24-21(26-19)30-3)9-10-16(25-18)27(14-7-5-4-6-8-14)17-11-13(12-31-17)20(23)28/h4-12,29H,1-3H3,(H2,23,28). The van der Waals surface area contributed by atoms with E-state index in [1.54, 1.807) is 31.4 Å². The number of carbonyl (C=O) groups is 1. The van der Waals surface area contributed by atoms with Crippen molar-refractivity contribution >= 4 is 44.8 Å². The predicted octanol–water partition coefficient (Wildman–Crippen LogP) is 3.89. The van der Waals surface area contributed by atoms with Gasteiger partial charge in [0.2, 0.25) is 5.91 Å². The molecule has 9 heteroatoms.